The van der Waals surface area contributed by atoms with E-state index in [9.17, 15) is 84.6 Å². The molecule has 0 radical (unpaired) electrons. The third-order valence-electron chi connectivity index (χ3n) is 18.5. The summed E-state index contributed by atoms with van der Waals surface area (Å²) in [4.78, 5) is 99.2. The number of amides is 3. The Kier molecular flexibility index (Phi) is 22.5. The van der Waals surface area contributed by atoms with Crippen molar-refractivity contribution in [1.29, 1.82) is 0 Å². The van der Waals surface area contributed by atoms with Crippen LogP contribution in [0.5, 0.6) is 28.7 Å². The van der Waals surface area contributed by atoms with E-state index in [1.165, 1.54) is 48.4 Å². The second kappa shape index (κ2) is 30.5. The lowest BCUT2D eigenvalue weighted by molar-refractivity contribution is -0.271. The predicted molar refractivity (Wildman–Crippen MR) is 349 cm³/mol. The average molecular weight is 1400 g/mol. The fraction of sp³-hybridized carbons (Fsp3) is 0.500. The number of fused-ring (bicyclic) bond motifs is 4. The van der Waals surface area contributed by atoms with E-state index >= 15 is 0 Å². The maximum absolute atomic E-state index is 14.4. The number of benzene rings is 4. The molecule has 6 aliphatic rings. The number of aliphatic hydroxyl groups excluding tert-OH is 8. The van der Waals surface area contributed by atoms with Crippen LogP contribution in [0.15, 0.2) is 85.0 Å². The van der Waals surface area contributed by atoms with Crippen LogP contribution in [-0.2, 0) is 41.8 Å². The van der Waals surface area contributed by atoms with Gasteiger partial charge in [0.2, 0.25) is 6.29 Å². The summed E-state index contributed by atoms with van der Waals surface area (Å²) in [6, 6.07) is 13.0. The van der Waals surface area contributed by atoms with Crippen LogP contribution in [-0.4, -0.2) is 229 Å². The SMILES string of the molecule is C=C1C[C@H]2C(O)N(COCc3ccc(O[C@@H]4C[C@H](C(=O)O)[C@@H](O)[C@H](O)[C@H]4O)c(C(=O)CC(C)(C)C)c3)c3cc(OCCCCCOc4cc5c(cc4OC)C(=O)N4CC(=C)C[C@H]4C(O)N5C(=O)OCc4ccc(O[C@@H]5O[C@H](C(=O)O)[C@@H](O)[C@H](O)[C@H]5O)c(C(=O)OC)c4)c(C)cc3C(=O)N2C1. The van der Waals surface area contributed by atoms with Crippen molar-refractivity contribution < 1.29 is 127 Å². The number of aliphatic hydroxyl groups is 8. The summed E-state index contributed by atoms with van der Waals surface area (Å²) in [6.45, 7) is 15.2. The quantitative estimate of drug-likeness (QED) is 0.0207. The molecule has 0 aromatic heterocycles. The maximum Gasteiger partial charge on any atom is 0.416 e. The molecule has 14 atom stereocenters. The van der Waals surface area contributed by atoms with Crippen molar-refractivity contribution in [2.45, 2.75) is 166 Å². The summed E-state index contributed by atoms with van der Waals surface area (Å²) in [5, 5.41) is 106. The molecule has 2 unspecified atom stereocenters. The van der Waals surface area contributed by atoms with Gasteiger partial charge in [0.1, 0.15) is 79.0 Å². The molecule has 0 spiro atoms. The van der Waals surface area contributed by atoms with E-state index in [2.05, 4.69) is 13.2 Å². The highest BCUT2D eigenvalue weighted by Gasteiger charge is 2.51. The lowest BCUT2D eigenvalue weighted by Crippen LogP contribution is -2.61. The molecule has 30 heteroatoms. The second-order valence-electron chi connectivity index (χ2n) is 27.0. The van der Waals surface area contributed by atoms with Crippen molar-refractivity contribution in [3.63, 3.8) is 0 Å². The highest BCUT2D eigenvalue weighted by atomic mass is 16.7. The zero-order chi connectivity index (χ0) is 72.5. The summed E-state index contributed by atoms with van der Waals surface area (Å²) in [5.41, 5.74) is 2.51. The summed E-state index contributed by atoms with van der Waals surface area (Å²) in [7, 11) is 2.43. The van der Waals surface area contributed by atoms with Crippen LogP contribution in [0.1, 0.15) is 124 Å². The largest absolute Gasteiger partial charge is 0.493 e. The number of aliphatic carboxylic acids is 2. The molecule has 10 N–H and O–H groups in total. The fourth-order valence-electron chi connectivity index (χ4n) is 13.2. The zero-order valence-electron chi connectivity index (χ0n) is 56.0. The summed E-state index contributed by atoms with van der Waals surface area (Å²) in [6.07, 6.45) is -18.8. The Morgan fingerprint density at radius 1 is 0.620 bits per heavy atom. The molecular formula is C70H84N4O26. The van der Waals surface area contributed by atoms with Crippen molar-refractivity contribution in [2.75, 3.05) is 57.1 Å². The molecule has 4 aromatic carbocycles. The van der Waals surface area contributed by atoms with Gasteiger partial charge in [-0.1, -0.05) is 57.2 Å². The number of ketones is 1. The van der Waals surface area contributed by atoms with E-state index < -0.39 is 128 Å². The number of nitrogens with zero attached hydrogens (tertiary/aromatic N) is 4. The van der Waals surface area contributed by atoms with Gasteiger partial charge in [0.25, 0.3) is 11.8 Å². The van der Waals surface area contributed by atoms with Crippen molar-refractivity contribution >= 4 is 53.0 Å². The Bertz CT molecular complexity index is 3820. The van der Waals surface area contributed by atoms with E-state index in [0.29, 0.717) is 53.8 Å². The van der Waals surface area contributed by atoms with Gasteiger partial charge in [-0.25, -0.2) is 19.3 Å². The molecule has 5 heterocycles. The van der Waals surface area contributed by atoms with Gasteiger partial charge in [0, 0.05) is 38.1 Å². The number of hydrogen-bond acceptors (Lipinski definition) is 25. The third kappa shape index (κ3) is 15.5. The van der Waals surface area contributed by atoms with Gasteiger partial charge < -0.3 is 108 Å². The average Bonchev–Trinajstić information content (AvgIpc) is 1.59. The van der Waals surface area contributed by atoms with Crippen molar-refractivity contribution in [2.24, 2.45) is 11.3 Å². The second-order valence-corrected chi connectivity index (χ2v) is 27.0. The van der Waals surface area contributed by atoms with Crippen LogP contribution in [0.4, 0.5) is 16.2 Å². The normalized spacial score (nSPS) is 26.5. The summed E-state index contributed by atoms with van der Waals surface area (Å²) in [5.74, 6) is -6.31. The number of carbonyl (C=O) groups is 7. The number of hydrogen-bond donors (Lipinski definition) is 10. The van der Waals surface area contributed by atoms with Gasteiger partial charge in [-0.2, -0.15) is 0 Å². The molecule has 4 aromatic rings. The number of carboxylic acid groups (broad SMARTS) is 2. The maximum atomic E-state index is 14.4. The Labute approximate surface area is 574 Å². The minimum atomic E-state index is -2.01. The van der Waals surface area contributed by atoms with E-state index in [-0.39, 0.29) is 127 Å². The van der Waals surface area contributed by atoms with E-state index in [1.54, 1.807) is 41.0 Å². The number of carboxylic acids is 2. The van der Waals surface area contributed by atoms with Gasteiger partial charge in [-0.3, -0.25) is 19.2 Å². The molecule has 3 saturated heterocycles. The fourth-order valence-corrected chi connectivity index (χ4v) is 13.2. The number of carbonyl (C=O) groups excluding carboxylic acids is 5. The van der Waals surface area contributed by atoms with Gasteiger partial charge in [0.05, 0.1) is 86.2 Å². The van der Waals surface area contributed by atoms with Crippen LogP contribution in [0.25, 0.3) is 0 Å². The van der Waals surface area contributed by atoms with E-state index in [0.717, 1.165) is 17.6 Å². The van der Waals surface area contributed by atoms with Crippen molar-refractivity contribution in [1.82, 2.24) is 9.80 Å². The predicted octanol–water partition coefficient (Wildman–Crippen LogP) is 3.57. The standard InChI is InChI=1S/C70H84N4O26/c1-33-18-45-63(84)73(32-94-30-36-12-14-48(40(21-36)47(75)27-70(4,5)6)98-53-24-42(65(86)87)54(76)56(78)55(53)77)43-25-50(35(3)20-38(43)61(82)71(45)28-33)95-16-10-9-11-17-96-52-26-44-39(23-51(52)92-7)62(83)72-29-34(2)19-46(72)64(85)74(44)69(91)97-31-37-13-15-49(41(22-37)67(90)93-8)99-68-59(81)57(79)58(80)60(100-68)66(88)89/h12-15,20-23,25-26,42,45-46,53-60,63-64,68,76-81,84-85H,1-2,9-11,16-19,24,27-32H2,3-8H3,(H,86,87)(H,88,89)/t42-,45-,46-,53+,54+,55-,56-,57-,58-,59+,60-,63?,64?,68+/m0/s1. The molecule has 10 rings (SSSR count). The molecule has 100 heavy (non-hydrogen) atoms. The molecule has 4 fully saturated rings. The van der Waals surface area contributed by atoms with E-state index in [4.69, 9.17) is 42.6 Å². The molecule has 0 bridgehead atoms. The molecule has 5 aliphatic heterocycles. The highest BCUT2D eigenvalue weighted by molar-refractivity contribution is 6.06. The molecule has 30 nitrogen and oxygen atoms in total. The van der Waals surface area contributed by atoms with Crippen LogP contribution in [0.2, 0.25) is 0 Å². The number of Topliss-reactive ketones (excluding diaryl/α,β-unsaturated/α-hetero) is 1. The monoisotopic (exact) mass is 1400 g/mol. The van der Waals surface area contributed by atoms with Crippen molar-refractivity contribution in [3.05, 3.63) is 124 Å². The third-order valence-corrected chi connectivity index (χ3v) is 18.5. The Morgan fingerprint density at radius 2 is 1.20 bits per heavy atom. The molecule has 540 valence electrons. The topological polar surface area (TPSA) is 418 Å². The van der Waals surface area contributed by atoms with Gasteiger partial charge in [0.15, 0.2) is 29.6 Å². The van der Waals surface area contributed by atoms with Crippen LogP contribution < -0.4 is 33.5 Å². The number of unbranched alkanes of at least 4 members (excludes halogenated alkanes) is 2. The number of anilines is 2. The van der Waals surface area contributed by atoms with Gasteiger partial charge in [-0.15, -0.1) is 0 Å². The first-order chi connectivity index (χ1) is 47.4. The first kappa shape index (κ1) is 73.8. The first-order valence-electron chi connectivity index (χ1n) is 32.5. The van der Waals surface area contributed by atoms with Gasteiger partial charge in [-0.05, 0) is 97.5 Å². The minimum absolute atomic E-state index is 0.0241. The number of ether oxygens (including phenoxy) is 9. The number of esters is 1. The summed E-state index contributed by atoms with van der Waals surface area (Å²) < 4.78 is 52.2. The Hall–Kier alpha value is -8.95. The lowest BCUT2D eigenvalue weighted by Gasteiger charge is -2.38. The van der Waals surface area contributed by atoms with Crippen molar-refractivity contribution in [3.8, 4) is 28.7 Å². The molecule has 1 saturated carbocycles. The Balaban J connectivity index is 0.803. The van der Waals surface area contributed by atoms with Crippen LogP contribution in [0.3, 0.4) is 0 Å². The van der Waals surface area contributed by atoms with Crippen LogP contribution in [0, 0.1) is 18.3 Å². The first-order valence-corrected chi connectivity index (χ1v) is 32.5. The number of rotatable bonds is 24. The van der Waals surface area contributed by atoms with E-state index in [1.807, 2.05) is 20.8 Å². The van der Waals surface area contributed by atoms with Gasteiger partial charge >= 0.3 is 24.0 Å². The minimum Gasteiger partial charge on any atom is -0.493 e. The Morgan fingerprint density at radius 3 is 1.81 bits per heavy atom. The number of methoxy groups -OCH3 is 2. The molecule has 1 aliphatic carbocycles. The summed E-state index contributed by atoms with van der Waals surface area (Å²) >= 11 is 0. The molecule has 3 amide bonds. The zero-order valence-corrected chi connectivity index (χ0v) is 56.0. The smallest absolute Gasteiger partial charge is 0.416 e. The van der Waals surface area contributed by atoms with Crippen LogP contribution >= 0.6 is 0 Å². The lowest BCUT2D eigenvalue weighted by atomic mass is 9.80. The molecular weight excluding hydrogens is 1310 g/mol. The highest BCUT2D eigenvalue weighted by Crippen LogP contribution is 2.44. The number of aryl methyl sites for hydroxylation is 1.